The molecule has 0 fully saturated rings. The standard InChI is InChI=1S/BH3O3.Cs.10H2O.H/c2-1(3)4;;;;;;;;;;;;/h2-4H;;10*1H2;. The molecule has 0 aromatic heterocycles. The van der Waals surface area contributed by atoms with Gasteiger partial charge in [-0.3, -0.25) is 0 Å². The Hall–Kier alpha value is 1.60. The van der Waals surface area contributed by atoms with Crippen LogP contribution in [0.1, 0.15) is 0 Å². The van der Waals surface area contributed by atoms with E-state index in [2.05, 4.69) is 0 Å². The van der Waals surface area contributed by atoms with Crippen molar-refractivity contribution >= 4 is 76.2 Å². The summed E-state index contributed by atoms with van der Waals surface area (Å²) < 4.78 is 0. The van der Waals surface area contributed by atoms with Gasteiger partial charge in [0.15, 0.2) is 0 Å². The van der Waals surface area contributed by atoms with Gasteiger partial charge in [0.25, 0.3) is 0 Å². The van der Waals surface area contributed by atoms with Crippen molar-refractivity contribution in [2.24, 2.45) is 0 Å². The fourth-order valence-corrected chi connectivity index (χ4v) is 0. The summed E-state index contributed by atoms with van der Waals surface area (Å²) in [5.74, 6) is 0. The van der Waals surface area contributed by atoms with Crippen molar-refractivity contribution in [1.82, 2.24) is 0 Å². The van der Waals surface area contributed by atoms with Crippen LogP contribution in [-0.4, -0.2) is 146 Å². The van der Waals surface area contributed by atoms with Crippen LogP contribution in [0, 0.1) is 0 Å². The van der Waals surface area contributed by atoms with Gasteiger partial charge in [-0.2, -0.15) is 0 Å². The van der Waals surface area contributed by atoms with Gasteiger partial charge in [0, 0.05) is 0 Å². The van der Waals surface area contributed by atoms with Crippen LogP contribution in [0.3, 0.4) is 0 Å². The maximum absolute atomic E-state index is 7.17. The van der Waals surface area contributed by atoms with E-state index in [0.717, 1.165) is 0 Å². The van der Waals surface area contributed by atoms with E-state index in [0.29, 0.717) is 0 Å². The van der Waals surface area contributed by atoms with Crippen LogP contribution in [0.4, 0.5) is 0 Å². The molecule has 0 aliphatic rings. The molecule has 0 saturated carbocycles. The number of rotatable bonds is 0. The van der Waals surface area contributed by atoms with Gasteiger partial charge in [0.05, 0.1) is 0 Å². The second kappa shape index (κ2) is 157. The van der Waals surface area contributed by atoms with Gasteiger partial charge in [0.1, 0.15) is 0 Å². The van der Waals surface area contributed by atoms with Crippen molar-refractivity contribution in [3.63, 3.8) is 0 Å². The zero-order chi connectivity index (χ0) is 3.58. The Morgan fingerprint density at radius 1 is 0.400 bits per heavy atom. The fraction of sp³-hybridized carbons (Fsp3) is 0. The Morgan fingerprint density at radius 3 is 0.400 bits per heavy atom. The van der Waals surface area contributed by atoms with Crippen LogP contribution in [0.15, 0.2) is 0 Å². The van der Waals surface area contributed by atoms with E-state index in [1.807, 2.05) is 0 Å². The molecular formula is H24BCsO13. The summed E-state index contributed by atoms with van der Waals surface area (Å²) in [6, 6.07) is 0. The second-order valence-electron chi connectivity index (χ2n) is 0.346. The van der Waals surface area contributed by atoms with Gasteiger partial charge in [-0.15, -0.1) is 0 Å². The molecular weight excluding hydrogens is 352 g/mol. The van der Waals surface area contributed by atoms with Crippen molar-refractivity contribution in [1.29, 1.82) is 0 Å². The second-order valence-corrected chi connectivity index (χ2v) is 0.346. The predicted octanol–water partition coefficient (Wildman–Crippen LogP) is -10.9. The average Bonchev–Trinajstić information content (AvgIpc) is 0.811. The van der Waals surface area contributed by atoms with E-state index in [9.17, 15) is 0 Å². The Labute approximate surface area is 144 Å². The van der Waals surface area contributed by atoms with Gasteiger partial charge in [0.2, 0.25) is 0 Å². The molecule has 0 atom stereocenters. The zero-order valence-electron chi connectivity index (χ0n) is 6.92. The molecule has 13 nitrogen and oxygen atoms in total. The zero-order valence-corrected chi connectivity index (χ0v) is 6.92. The van der Waals surface area contributed by atoms with Crippen molar-refractivity contribution in [3.8, 4) is 0 Å². The molecule has 15 heavy (non-hydrogen) atoms. The van der Waals surface area contributed by atoms with E-state index < -0.39 is 7.32 Å². The van der Waals surface area contributed by atoms with Gasteiger partial charge < -0.3 is 69.8 Å². The van der Waals surface area contributed by atoms with Crippen LogP contribution in [-0.2, 0) is 0 Å². The molecule has 0 bridgehead atoms. The van der Waals surface area contributed by atoms with Gasteiger partial charge in [-0.25, -0.2) is 0 Å². The summed E-state index contributed by atoms with van der Waals surface area (Å²) in [7, 11) is -2.17. The Bertz CT molecular complexity index is 15.3. The molecule has 0 aliphatic heterocycles. The van der Waals surface area contributed by atoms with Gasteiger partial charge in [-0.05, 0) is 0 Å². The SMILES string of the molecule is O.O.O.O.O.O.O.O.O.O.OB(O)O.[CsH]. The summed E-state index contributed by atoms with van der Waals surface area (Å²) in [4.78, 5) is 0. The van der Waals surface area contributed by atoms with Crippen molar-refractivity contribution < 1.29 is 69.8 Å². The minimum absolute atomic E-state index is 0. The first kappa shape index (κ1) is 191. The van der Waals surface area contributed by atoms with Crippen LogP contribution in [0.25, 0.3) is 0 Å². The maximum atomic E-state index is 7.17. The van der Waals surface area contributed by atoms with Crippen molar-refractivity contribution in [2.45, 2.75) is 0 Å². The Balaban J connectivity index is -0.000000000818. The molecule has 0 saturated heterocycles. The summed E-state index contributed by atoms with van der Waals surface area (Å²) in [6.07, 6.45) is 0. The molecule has 15 heteroatoms. The monoisotopic (exact) mass is 376 g/mol. The minimum atomic E-state index is -2.17. The van der Waals surface area contributed by atoms with Crippen LogP contribution in [0.2, 0.25) is 0 Å². The first-order chi connectivity index (χ1) is 1.73. The van der Waals surface area contributed by atoms with Gasteiger partial charge >= 0.3 is 76.2 Å². The molecule has 0 aromatic carbocycles. The summed E-state index contributed by atoms with van der Waals surface area (Å²) in [5, 5.41) is 21.5. The first-order valence-electron chi connectivity index (χ1n) is 0.775. The molecule has 0 radical (unpaired) electrons. The summed E-state index contributed by atoms with van der Waals surface area (Å²) in [6.45, 7) is 0. The summed E-state index contributed by atoms with van der Waals surface area (Å²) in [5.41, 5.74) is 0. The molecule has 0 rings (SSSR count). The molecule has 0 aliphatic carbocycles. The summed E-state index contributed by atoms with van der Waals surface area (Å²) >= 11 is 0. The number of hydrogen-bond acceptors (Lipinski definition) is 3. The molecule has 23 N–H and O–H groups in total. The third kappa shape index (κ3) is 1130. The molecule has 0 heterocycles. The first-order valence-corrected chi connectivity index (χ1v) is 0.775. The molecule has 0 spiro atoms. The van der Waals surface area contributed by atoms with E-state index in [-0.39, 0.29) is 124 Å². The average molecular weight is 376 g/mol. The number of hydrogen-bond donors (Lipinski definition) is 3. The van der Waals surface area contributed by atoms with Crippen molar-refractivity contribution in [3.05, 3.63) is 0 Å². The van der Waals surface area contributed by atoms with Crippen LogP contribution < -0.4 is 0 Å². The Morgan fingerprint density at radius 2 is 0.400 bits per heavy atom. The molecule has 0 amide bonds. The molecule has 0 aromatic rings. The van der Waals surface area contributed by atoms with Gasteiger partial charge in [-0.1, -0.05) is 0 Å². The van der Waals surface area contributed by atoms with E-state index in [4.69, 9.17) is 15.1 Å². The van der Waals surface area contributed by atoms with Crippen LogP contribution >= 0.6 is 0 Å². The van der Waals surface area contributed by atoms with Crippen LogP contribution in [0.5, 0.6) is 0 Å². The molecule has 0 unspecified atom stereocenters. The van der Waals surface area contributed by atoms with E-state index in [1.165, 1.54) is 0 Å². The van der Waals surface area contributed by atoms with E-state index in [1.54, 1.807) is 0 Å². The van der Waals surface area contributed by atoms with Crippen molar-refractivity contribution in [2.75, 3.05) is 0 Å². The molecule has 106 valence electrons. The Kier molecular flexibility index (Phi) is 2000. The normalized spacial score (nSPS) is 1.80. The third-order valence-corrected chi connectivity index (χ3v) is 0. The topological polar surface area (TPSA) is 376 Å². The quantitative estimate of drug-likeness (QED) is 0.347. The fourth-order valence-electron chi connectivity index (χ4n) is 0. The predicted molar refractivity (Wildman–Crippen MR) is 55.7 cm³/mol. The van der Waals surface area contributed by atoms with E-state index >= 15 is 0 Å². The third-order valence-electron chi connectivity index (χ3n) is 0.